The van der Waals surface area contributed by atoms with Gasteiger partial charge in [0.15, 0.2) is 0 Å². The molecule has 0 saturated heterocycles. The lowest BCUT2D eigenvalue weighted by atomic mass is 9.86. The third-order valence-electron chi connectivity index (χ3n) is 3.46. The van der Waals surface area contributed by atoms with E-state index in [0.717, 1.165) is 5.56 Å². The number of H-pyrrole nitrogens is 1. The van der Waals surface area contributed by atoms with Crippen LogP contribution in [0.4, 0.5) is 0 Å². The summed E-state index contributed by atoms with van der Waals surface area (Å²) in [7, 11) is 1.42. The van der Waals surface area contributed by atoms with Gasteiger partial charge in [-0.3, -0.25) is 14.4 Å². The minimum Gasteiger partial charge on any atom is -0.367 e. The first-order chi connectivity index (χ1) is 10.2. The molecule has 6 nitrogen and oxygen atoms in total. The predicted octanol–water partition coefficient (Wildman–Crippen LogP) is 1.53. The number of hydrogen-bond donors (Lipinski definition) is 3. The van der Waals surface area contributed by atoms with E-state index in [1.807, 2.05) is 33.9 Å². The molecule has 0 fully saturated rings. The standard InChI is InChI=1S/C16H25N3O3/c1-10(6-7-13(20)15(22)17-5)19-14(21)11-8-18-9-12(11)16(2,3)4/h8-10,18H,6-7H2,1-5H3,(H,17,22)(H,19,21). The minimum absolute atomic E-state index is 0.111. The number of aromatic amines is 1. The molecule has 0 aromatic carbocycles. The Kier molecular flexibility index (Phi) is 5.91. The molecular weight excluding hydrogens is 282 g/mol. The molecule has 1 atom stereocenters. The Morgan fingerprint density at radius 2 is 1.86 bits per heavy atom. The van der Waals surface area contributed by atoms with E-state index in [1.54, 1.807) is 6.20 Å². The van der Waals surface area contributed by atoms with Gasteiger partial charge >= 0.3 is 0 Å². The van der Waals surface area contributed by atoms with Gasteiger partial charge in [0.25, 0.3) is 11.8 Å². The minimum atomic E-state index is -0.598. The summed E-state index contributed by atoms with van der Waals surface area (Å²) in [6.45, 7) is 7.94. The van der Waals surface area contributed by atoms with Crippen LogP contribution in [0.25, 0.3) is 0 Å². The van der Waals surface area contributed by atoms with Crippen molar-refractivity contribution < 1.29 is 14.4 Å². The van der Waals surface area contributed by atoms with E-state index in [9.17, 15) is 14.4 Å². The summed E-state index contributed by atoms with van der Waals surface area (Å²) in [4.78, 5) is 37.9. The first-order valence-electron chi connectivity index (χ1n) is 7.39. The molecule has 122 valence electrons. The lowest BCUT2D eigenvalue weighted by molar-refractivity contribution is -0.137. The van der Waals surface area contributed by atoms with E-state index in [0.29, 0.717) is 12.0 Å². The molecule has 2 amide bonds. The lowest BCUT2D eigenvalue weighted by Crippen LogP contribution is -2.35. The van der Waals surface area contributed by atoms with Crippen LogP contribution in [0.3, 0.4) is 0 Å². The van der Waals surface area contributed by atoms with Crippen LogP contribution in [0.2, 0.25) is 0 Å². The molecule has 0 aliphatic carbocycles. The Labute approximate surface area is 131 Å². The van der Waals surface area contributed by atoms with Crippen molar-refractivity contribution in [2.75, 3.05) is 7.05 Å². The summed E-state index contributed by atoms with van der Waals surface area (Å²) in [5, 5.41) is 5.16. The van der Waals surface area contributed by atoms with Crippen LogP contribution in [0.1, 0.15) is 56.5 Å². The second-order valence-corrected chi connectivity index (χ2v) is 6.45. The molecule has 0 bridgehead atoms. The van der Waals surface area contributed by atoms with Gasteiger partial charge in [-0.15, -0.1) is 0 Å². The maximum absolute atomic E-state index is 12.3. The largest absolute Gasteiger partial charge is 0.367 e. The van der Waals surface area contributed by atoms with Crippen LogP contribution in [-0.2, 0) is 15.0 Å². The third-order valence-corrected chi connectivity index (χ3v) is 3.46. The van der Waals surface area contributed by atoms with E-state index in [1.165, 1.54) is 7.05 Å². The molecular formula is C16H25N3O3. The zero-order valence-corrected chi connectivity index (χ0v) is 13.9. The monoisotopic (exact) mass is 307 g/mol. The fraction of sp³-hybridized carbons (Fsp3) is 0.562. The van der Waals surface area contributed by atoms with Gasteiger partial charge in [0.2, 0.25) is 5.78 Å². The third kappa shape index (κ3) is 4.72. The summed E-state index contributed by atoms with van der Waals surface area (Å²) in [6.07, 6.45) is 4.04. The Morgan fingerprint density at radius 3 is 2.41 bits per heavy atom. The van der Waals surface area contributed by atoms with Gasteiger partial charge in [-0.2, -0.15) is 0 Å². The number of carbonyl (C=O) groups is 3. The van der Waals surface area contributed by atoms with Gasteiger partial charge in [-0.05, 0) is 24.3 Å². The van der Waals surface area contributed by atoms with Gasteiger partial charge < -0.3 is 15.6 Å². The highest BCUT2D eigenvalue weighted by Gasteiger charge is 2.23. The summed E-state index contributed by atoms with van der Waals surface area (Å²) < 4.78 is 0. The molecule has 3 N–H and O–H groups in total. The summed E-state index contributed by atoms with van der Waals surface area (Å²) in [5.41, 5.74) is 1.42. The van der Waals surface area contributed by atoms with Crippen LogP contribution < -0.4 is 10.6 Å². The Bertz CT molecular complexity index is 555. The molecule has 0 saturated carbocycles. The molecule has 22 heavy (non-hydrogen) atoms. The van der Waals surface area contributed by atoms with Gasteiger partial charge in [0.1, 0.15) is 0 Å². The van der Waals surface area contributed by atoms with E-state index < -0.39 is 11.7 Å². The molecule has 0 spiro atoms. The fourth-order valence-corrected chi connectivity index (χ4v) is 2.15. The van der Waals surface area contributed by atoms with Crippen molar-refractivity contribution in [2.45, 2.75) is 52.0 Å². The van der Waals surface area contributed by atoms with E-state index in [4.69, 9.17) is 0 Å². The highest BCUT2D eigenvalue weighted by Crippen LogP contribution is 2.25. The van der Waals surface area contributed by atoms with Crippen molar-refractivity contribution in [3.8, 4) is 0 Å². The van der Waals surface area contributed by atoms with Crippen molar-refractivity contribution in [2.24, 2.45) is 0 Å². The molecule has 1 heterocycles. The van der Waals surface area contributed by atoms with E-state index in [2.05, 4.69) is 15.6 Å². The molecule has 0 radical (unpaired) electrons. The quantitative estimate of drug-likeness (QED) is 0.696. The maximum Gasteiger partial charge on any atom is 0.287 e. The van der Waals surface area contributed by atoms with E-state index >= 15 is 0 Å². The SMILES string of the molecule is CNC(=O)C(=O)CCC(C)NC(=O)c1c[nH]cc1C(C)(C)C. The molecule has 0 aliphatic rings. The van der Waals surface area contributed by atoms with Crippen molar-refractivity contribution in [3.63, 3.8) is 0 Å². The molecule has 6 heteroatoms. The normalized spacial score (nSPS) is 12.6. The van der Waals surface area contributed by atoms with Crippen LogP contribution in [0, 0.1) is 0 Å². The Balaban J connectivity index is 2.60. The number of nitrogens with one attached hydrogen (secondary N) is 3. The highest BCUT2D eigenvalue weighted by molar-refractivity contribution is 6.36. The number of hydrogen-bond acceptors (Lipinski definition) is 3. The summed E-state index contributed by atoms with van der Waals surface area (Å²) in [6, 6.07) is -0.191. The Morgan fingerprint density at radius 1 is 1.23 bits per heavy atom. The number of aromatic nitrogens is 1. The van der Waals surface area contributed by atoms with Gasteiger partial charge in [-0.25, -0.2) is 0 Å². The van der Waals surface area contributed by atoms with Crippen LogP contribution in [-0.4, -0.2) is 35.7 Å². The van der Waals surface area contributed by atoms with Gasteiger partial charge in [0.05, 0.1) is 5.56 Å². The summed E-state index contributed by atoms with van der Waals surface area (Å²) >= 11 is 0. The second-order valence-electron chi connectivity index (χ2n) is 6.45. The lowest BCUT2D eigenvalue weighted by Gasteiger charge is -2.20. The van der Waals surface area contributed by atoms with Crippen molar-refractivity contribution in [1.82, 2.24) is 15.6 Å². The molecule has 1 unspecified atom stereocenters. The second kappa shape index (κ2) is 7.24. The van der Waals surface area contributed by atoms with Crippen molar-refractivity contribution in [1.29, 1.82) is 0 Å². The van der Waals surface area contributed by atoms with Crippen molar-refractivity contribution in [3.05, 3.63) is 23.5 Å². The average molecular weight is 307 g/mol. The molecule has 1 aromatic rings. The fourth-order valence-electron chi connectivity index (χ4n) is 2.15. The molecule has 1 aromatic heterocycles. The van der Waals surface area contributed by atoms with Crippen LogP contribution in [0.5, 0.6) is 0 Å². The smallest absolute Gasteiger partial charge is 0.287 e. The number of rotatable bonds is 6. The first-order valence-corrected chi connectivity index (χ1v) is 7.39. The average Bonchev–Trinajstić information content (AvgIpc) is 2.93. The maximum atomic E-state index is 12.3. The summed E-state index contributed by atoms with van der Waals surface area (Å²) in [5.74, 6) is -1.24. The van der Waals surface area contributed by atoms with Crippen molar-refractivity contribution >= 4 is 17.6 Å². The number of carbonyl (C=O) groups excluding carboxylic acids is 3. The number of Topliss-reactive ketones (excluding diaryl/α,β-unsaturated/α-hetero) is 1. The molecule has 1 rings (SSSR count). The topological polar surface area (TPSA) is 91.1 Å². The number of amides is 2. The van der Waals surface area contributed by atoms with E-state index in [-0.39, 0.29) is 23.8 Å². The van der Waals surface area contributed by atoms with Gasteiger partial charge in [-0.1, -0.05) is 20.8 Å². The molecule has 0 aliphatic heterocycles. The Hall–Kier alpha value is -2.11. The van der Waals surface area contributed by atoms with Crippen LogP contribution in [0.15, 0.2) is 12.4 Å². The number of likely N-dealkylation sites (N-methyl/N-ethyl adjacent to an activating group) is 1. The number of ketones is 1. The first kappa shape index (κ1) is 17.9. The predicted molar refractivity (Wildman–Crippen MR) is 84.7 cm³/mol. The zero-order valence-electron chi connectivity index (χ0n) is 13.9. The highest BCUT2D eigenvalue weighted by atomic mass is 16.2. The van der Waals surface area contributed by atoms with Gasteiger partial charge in [0, 0.05) is 31.9 Å². The zero-order chi connectivity index (χ0) is 16.9. The van der Waals surface area contributed by atoms with Crippen LogP contribution >= 0.6 is 0 Å².